The second kappa shape index (κ2) is 2.35. The van der Waals surface area contributed by atoms with Gasteiger partial charge in [0.05, 0.1) is 0 Å². The molecule has 0 spiro atoms. The third kappa shape index (κ3) is 1.32. The number of carbonyl (C=O) groups is 1. The molecule has 46 valence electrons. The van der Waals surface area contributed by atoms with E-state index in [-0.39, 0.29) is 5.69 Å². The lowest BCUT2D eigenvalue weighted by atomic mass is 10.4. The van der Waals surface area contributed by atoms with Crippen molar-refractivity contribution >= 4 is 6.29 Å². The Balaban J connectivity index is 3.07. The maximum atomic E-state index is 12.2. The SMILES string of the molecule is O=Cc1cc(F)ccn1. The summed E-state index contributed by atoms with van der Waals surface area (Å²) in [5.74, 6) is -0.438. The molecule has 0 aliphatic carbocycles. The van der Waals surface area contributed by atoms with Gasteiger partial charge in [0.25, 0.3) is 0 Å². The van der Waals surface area contributed by atoms with Gasteiger partial charge in [-0.3, -0.25) is 9.78 Å². The van der Waals surface area contributed by atoms with E-state index < -0.39 is 5.82 Å². The summed E-state index contributed by atoms with van der Waals surface area (Å²) in [4.78, 5) is 13.5. The molecule has 0 radical (unpaired) electrons. The van der Waals surface area contributed by atoms with Gasteiger partial charge in [0, 0.05) is 12.3 Å². The molecule has 1 aromatic rings. The summed E-state index contributed by atoms with van der Waals surface area (Å²) in [6.07, 6.45) is 1.75. The van der Waals surface area contributed by atoms with Crippen LogP contribution in [0.25, 0.3) is 0 Å². The van der Waals surface area contributed by atoms with Crippen LogP contribution < -0.4 is 0 Å². The zero-order valence-electron chi connectivity index (χ0n) is 4.54. The Bertz CT molecular complexity index is 224. The van der Waals surface area contributed by atoms with Crippen LogP contribution in [0.2, 0.25) is 0 Å². The summed E-state index contributed by atoms with van der Waals surface area (Å²) in [7, 11) is 0. The van der Waals surface area contributed by atoms with Crippen LogP contribution in [0, 0.1) is 5.82 Å². The number of nitrogens with zero attached hydrogens (tertiary/aromatic N) is 1. The maximum absolute atomic E-state index is 12.2. The van der Waals surface area contributed by atoms with Gasteiger partial charge in [0.15, 0.2) is 6.29 Å². The van der Waals surface area contributed by atoms with Gasteiger partial charge in [0.2, 0.25) is 0 Å². The molecule has 2 nitrogen and oxygen atoms in total. The van der Waals surface area contributed by atoms with E-state index in [2.05, 4.69) is 4.98 Å². The lowest BCUT2D eigenvalue weighted by Crippen LogP contribution is -1.85. The van der Waals surface area contributed by atoms with E-state index in [4.69, 9.17) is 0 Å². The van der Waals surface area contributed by atoms with Crippen LogP contribution in [0.1, 0.15) is 10.5 Å². The summed E-state index contributed by atoms with van der Waals surface area (Å²) < 4.78 is 12.2. The Hall–Kier alpha value is -1.25. The molecule has 3 heteroatoms. The number of hydrogen-bond acceptors (Lipinski definition) is 2. The Morgan fingerprint density at radius 2 is 2.44 bits per heavy atom. The maximum Gasteiger partial charge on any atom is 0.168 e. The molecule has 0 amide bonds. The van der Waals surface area contributed by atoms with E-state index in [1.165, 1.54) is 12.3 Å². The molecule has 1 heterocycles. The van der Waals surface area contributed by atoms with E-state index in [1.807, 2.05) is 0 Å². The minimum atomic E-state index is -0.438. The standard InChI is InChI=1S/C6H4FNO/c7-5-1-2-8-6(3-5)4-9/h1-4H. The van der Waals surface area contributed by atoms with E-state index in [0.29, 0.717) is 6.29 Å². The first kappa shape index (κ1) is 5.88. The number of hydrogen-bond donors (Lipinski definition) is 0. The van der Waals surface area contributed by atoms with Gasteiger partial charge in [-0.05, 0) is 6.07 Å². The molecule has 9 heavy (non-hydrogen) atoms. The van der Waals surface area contributed by atoms with Gasteiger partial charge in [-0.1, -0.05) is 0 Å². The smallest absolute Gasteiger partial charge is 0.168 e. The number of pyridine rings is 1. The average molecular weight is 125 g/mol. The highest BCUT2D eigenvalue weighted by molar-refractivity contribution is 5.71. The quantitative estimate of drug-likeness (QED) is 0.525. The minimum absolute atomic E-state index is 0.120. The van der Waals surface area contributed by atoms with Crippen molar-refractivity contribution in [1.82, 2.24) is 4.98 Å². The Morgan fingerprint density at radius 3 is 2.89 bits per heavy atom. The predicted octanol–water partition coefficient (Wildman–Crippen LogP) is 1.03. The number of carbonyl (C=O) groups excluding carboxylic acids is 1. The largest absolute Gasteiger partial charge is 0.296 e. The van der Waals surface area contributed by atoms with Crippen molar-refractivity contribution < 1.29 is 9.18 Å². The summed E-state index contributed by atoms with van der Waals surface area (Å²) in [5.41, 5.74) is 0.120. The van der Waals surface area contributed by atoms with Crippen LogP contribution in [-0.2, 0) is 0 Å². The highest BCUT2D eigenvalue weighted by Crippen LogP contribution is 1.95. The normalized spacial score (nSPS) is 9.00. The van der Waals surface area contributed by atoms with Gasteiger partial charge in [-0.25, -0.2) is 4.39 Å². The Morgan fingerprint density at radius 1 is 1.67 bits per heavy atom. The van der Waals surface area contributed by atoms with Crippen molar-refractivity contribution in [2.45, 2.75) is 0 Å². The molecular weight excluding hydrogens is 121 g/mol. The monoisotopic (exact) mass is 125 g/mol. The fraction of sp³-hybridized carbons (Fsp3) is 0. The number of aromatic nitrogens is 1. The molecule has 0 saturated heterocycles. The third-order valence-electron chi connectivity index (χ3n) is 0.864. The van der Waals surface area contributed by atoms with Crippen LogP contribution >= 0.6 is 0 Å². The molecule has 0 fully saturated rings. The summed E-state index contributed by atoms with van der Waals surface area (Å²) in [6.45, 7) is 0. The van der Waals surface area contributed by atoms with Crippen molar-refractivity contribution in [2.75, 3.05) is 0 Å². The Kier molecular flexibility index (Phi) is 1.53. The number of rotatable bonds is 1. The summed E-state index contributed by atoms with van der Waals surface area (Å²) >= 11 is 0. The fourth-order valence-electron chi connectivity index (χ4n) is 0.486. The molecule has 0 atom stereocenters. The van der Waals surface area contributed by atoms with Crippen molar-refractivity contribution in [2.24, 2.45) is 0 Å². The molecule has 0 unspecified atom stereocenters. The molecule has 0 aromatic carbocycles. The molecule has 0 N–H and O–H groups in total. The molecular formula is C6H4FNO. The summed E-state index contributed by atoms with van der Waals surface area (Å²) in [5, 5.41) is 0. The lowest BCUT2D eigenvalue weighted by molar-refractivity contribution is 0.111. The van der Waals surface area contributed by atoms with E-state index >= 15 is 0 Å². The number of aldehydes is 1. The Labute approximate surface area is 51.3 Å². The van der Waals surface area contributed by atoms with Gasteiger partial charge in [-0.15, -0.1) is 0 Å². The second-order valence-electron chi connectivity index (χ2n) is 1.52. The van der Waals surface area contributed by atoms with Crippen LogP contribution in [0.3, 0.4) is 0 Å². The average Bonchev–Trinajstić information content (AvgIpc) is 1.88. The first-order chi connectivity index (χ1) is 4.33. The van der Waals surface area contributed by atoms with Gasteiger partial charge in [-0.2, -0.15) is 0 Å². The topological polar surface area (TPSA) is 30.0 Å². The zero-order valence-corrected chi connectivity index (χ0v) is 4.54. The molecule has 1 rings (SSSR count). The van der Waals surface area contributed by atoms with Crippen LogP contribution in [-0.4, -0.2) is 11.3 Å². The van der Waals surface area contributed by atoms with E-state index in [9.17, 15) is 9.18 Å². The highest BCUT2D eigenvalue weighted by Gasteiger charge is 1.91. The predicted molar refractivity (Wildman–Crippen MR) is 29.6 cm³/mol. The first-order valence-electron chi connectivity index (χ1n) is 2.39. The minimum Gasteiger partial charge on any atom is -0.296 e. The molecule has 0 aliphatic heterocycles. The van der Waals surface area contributed by atoms with Crippen molar-refractivity contribution in [3.8, 4) is 0 Å². The van der Waals surface area contributed by atoms with Gasteiger partial charge < -0.3 is 0 Å². The first-order valence-corrected chi connectivity index (χ1v) is 2.39. The van der Waals surface area contributed by atoms with E-state index in [0.717, 1.165) is 6.07 Å². The van der Waals surface area contributed by atoms with Crippen molar-refractivity contribution in [3.63, 3.8) is 0 Å². The molecule has 1 aromatic heterocycles. The number of halogens is 1. The molecule has 0 aliphatic rings. The van der Waals surface area contributed by atoms with Gasteiger partial charge >= 0.3 is 0 Å². The summed E-state index contributed by atoms with van der Waals surface area (Å²) in [6, 6.07) is 2.26. The lowest BCUT2D eigenvalue weighted by Gasteiger charge is -1.86. The zero-order chi connectivity index (χ0) is 6.69. The molecule has 0 saturated carbocycles. The highest BCUT2D eigenvalue weighted by atomic mass is 19.1. The van der Waals surface area contributed by atoms with Gasteiger partial charge in [0.1, 0.15) is 11.5 Å². The fourth-order valence-corrected chi connectivity index (χ4v) is 0.486. The van der Waals surface area contributed by atoms with Crippen LogP contribution in [0.4, 0.5) is 4.39 Å². The molecule has 0 bridgehead atoms. The van der Waals surface area contributed by atoms with E-state index in [1.54, 1.807) is 0 Å². The van der Waals surface area contributed by atoms with Crippen LogP contribution in [0.5, 0.6) is 0 Å². The van der Waals surface area contributed by atoms with Crippen molar-refractivity contribution in [1.29, 1.82) is 0 Å². The second-order valence-corrected chi connectivity index (χ2v) is 1.52. The van der Waals surface area contributed by atoms with Crippen molar-refractivity contribution in [3.05, 3.63) is 29.8 Å². The van der Waals surface area contributed by atoms with Crippen LogP contribution in [0.15, 0.2) is 18.3 Å². The third-order valence-corrected chi connectivity index (χ3v) is 0.864.